The average molecular weight is 452 g/mol. The van der Waals surface area contributed by atoms with Crippen molar-refractivity contribution in [3.8, 4) is 0 Å². The fourth-order valence-electron chi connectivity index (χ4n) is 2.66. The van der Waals surface area contributed by atoms with Crippen LogP contribution in [0.15, 0.2) is 10.4 Å². The normalized spacial score (nSPS) is 19.1. The third-order valence-electron chi connectivity index (χ3n) is 3.86. The molecular weight excluding hydrogens is 423 g/mol. The summed E-state index contributed by atoms with van der Waals surface area (Å²) in [6, 6.07) is 0. The summed E-state index contributed by atoms with van der Waals surface area (Å²) in [4.78, 5) is 13.3. The molecule has 0 spiro atoms. The summed E-state index contributed by atoms with van der Waals surface area (Å²) in [6.07, 6.45) is 2.59. The van der Waals surface area contributed by atoms with Crippen LogP contribution in [-0.2, 0) is 6.54 Å². The zero-order chi connectivity index (χ0) is 15.9. The third kappa shape index (κ3) is 6.80. The number of nitrogens with zero attached hydrogens (tertiary/aromatic N) is 4. The number of anilines is 1. The van der Waals surface area contributed by atoms with Gasteiger partial charge in [-0.3, -0.25) is 4.99 Å². The molecule has 1 aliphatic heterocycles. The second-order valence-corrected chi connectivity index (χ2v) is 6.93. The number of guanidine groups is 1. The molecule has 1 aliphatic rings. The number of hydrogen-bond acceptors (Lipinski definition) is 5. The van der Waals surface area contributed by atoms with Gasteiger partial charge in [-0.15, -0.1) is 35.3 Å². The molecule has 0 bridgehead atoms. The molecule has 0 radical (unpaired) electrons. The molecule has 6 nitrogen and oxygen atoms in total. The number of aliphatic imine (C=N–C) groups is 1. The topological polar surface area (TPSA) is 55.8 Å². The van der Waals surface area contributed by atoms with E-state index in [0.717, 1.165) is 23.3 Å². The van der Waals surface area contributed by atoms with Gasteiger partial charge in [0.05, 0.1) is 12.2 Å². The second kappa shape index (κ2) is 10.3. The van der Waals surface area contributed by atoms with E-state index in [1.165, 1.54) is 25.9 Å². The Kier molecular flexibility index (Phi) is 9.15. The highest BCUT2D eigenvalue weighted by atomic mass is 127. The van der Waals surface area contributed by atoms with E-state index in [1.54, 1.807) is 11.3 Å². The van der Waals surface area contributed by atoms with Crippen LogP contribution >= 0.6 is 35.3 Å². The standard InChI is InChI=1S/C15H28N6S.HI/c1-16-14(17-8-12-6-5-7-21(4)10-12)18-9-13-11-22-15(19-13)20(2)3;/h11-12H,5-10H2,1-4H3,(H2,16,17,18);1H. The summed E-state index contributed by atoms with van der Waals surface area (Å²) < 4.78 is 0. The van der Waals surface area contributed by atoms with Gasteiger partial charge in [-0.25, -0.2) is 4.98 Å². The van der Waals surface area contributed by atoms with Crippen molar-refractivity contribution < 1.29 is 0 Å². The molecule has 1 atom stereocenters. The van der Waals surface area contributed by atoms with Crippen molar-refractivity contribution >= 4 is 46.4 Å². The van der Waals surface area contributed by atoms with Crippen LogP contribution in [0.3, 0.4) is 0 Å². The molecule has 1 aromatic heterocycles. The van der Waals surface area contributed by atoms with Crippen LogP contribution in [0.1, 0.15) is 18.5 Å². The molecule has 0 aromatic carbocycles. The third-order valence-corrected chi connectivity index (χ3v) is 4.92. The molecule has 0 saturated carbocycles. The summed E-state index contributed by atoms with van der Waals surface area (Å²) in [5.41, 5.74) is 1.05. The SMILES string of the molecule is CN=C(NCc1csc(N(C)C)n1)NCC1CCCN(C)C1.I. The lowest BCUT2D eigenvalue weighted by atomic mass is 9.99. The van der Waals surface area contributed by atoms with Crippen LogP contribution < -0.4 is 15.5 Å². The largest absolute Gasteiger partial charge is 0.356 e. The molecule has 1 aromatic rings. The predicted molar refractivity (Wildman–Crippen MR) is 110 cm³/mol. The highest BCUT2D eigenvalue weighted by Gasteiger charge is 2.17. The first-order valence-corrected chi connectivity index (χ1v) is 8.71. The van der Waals surface area contributed by atoms with Crippen molar-refractivity contribution in [1.29, 1.82) is 0 Å². The molecule has 0 amide bonds. The van der Waals surface area contributed by atoms with Crippen molar-refractivity contribution in [2.75, 3.05) is 52.7 Å². The lowest BCUT2D eigenvalue weighted by molar-refractivity contribution is 0.210. The molecule has 1 fully saturated rings. The van der Waals surface area contributed by atoms with E-state index in [-0.39, 0.29) is 24.0 Å². The van der Waals surface area contributed by atoms with E-state index < -0.39 is 0 Å². The summed E-state index contributed by atoms with van der Waals surface area (Å²) in [6.45, 7) is 4.07. The Morgan fingerprint density at radius 1 is 1.48 bits per heavy atom. The van der Waals surface area contributed by atoms with Crippen LogP contribution in [0.5, 0.6) is 0 Å². The number of thiazole rings is 1. The van der Waals surface area contributed by atoms with Crippen molar-refractivity contribution in [3.05, 3.63) is 11.1 Å². The van der Waals surface area contributed by atoms with Crippen LogP contribution in [-0.4, -0.2) is 63.7 Å². The molecule has 2 N–H and O–H groups in total. The average Bonchev–Trinajstić information content (AvgIpc) is 2.97. The van der Waals surface area contributed by atoms with Crippen LogP contribution in [0.4, 0.5) is 5.13 Å². The summed E-state index contributed by atoms with van der Waals surface area (Å²) in [5.74, 6) is 1.56. The molecule has 0 aliphatic carbocycles. The summed E-state index contributed by atoms with van der Waals surface area (Å²) in [7, 11) is 8.04. The maximum Gasteiger partial charge on any atom is 0.191 e. The molecule has 8 heteroatoms. The summed E-state index contributed by atoms with van der Waals surface area (Å²) >= 11 is 1.66. The number of nitrogens with one attached hydrogen (secondary N) is 2. The number of rotatable bonds is 5. The molecule has 132 valence electrons. The fourth-order valence-corrected chi connectivity index (χ4v) is 3.42. The number of aromatic nitrogens is 1. The van der Waals surface area contributed by atoms with Crippen molar-refractivity contribution in [1.82, 2.24) is 20.5 Å². The van der Waals surface area contributed by atoms with Gasteiger partial charge in [-0.05, 0) is 32.4 Å². The quantitative estimate of drug-likeness (QED) is 0.406. The van der Waals surface area contributed by atoms with Gasteiger partial charge >= 0.3 is 0 Å². The van der Waals surface area contributed by atoms with Gasteiger partial charge in [0.2, 0.25) is 0 Å². The van der Waals surface area contributed by atoms with Gasteiger partial charge in [-0.1, -0.05) is 0 Å². The van der Waals surface area contributed by atoms with Crippen LogP contribution in [0, 0.1) is 5.92 Å². The Labute approximate surface area is 160 Å². The van der Waals surface area contributed by atoms with E-state index in [0.29, 0.717) is 12.5 Å². The van der Waals surface area contributed by atoms with Crippen molar-refractivity contribution in [2.24, 2.45) is 10.9 Å². The summed E-state index contributed by atoms with van der Waals surface area (Å²) in [5, 5.41) is 9.90. The monoisotopic (exact) mass is 452 g/mol. The first-order valence-electron chi connectivity index (χ1n) is 7.83. The Hall–Kier alpha value is -0.610. The van der Waals surface area contributed by atoms with E-state index in [4.69, 9.17) is 0 Å². The van der Waals surface area contributed by atoms with E-state index >= 15 is 0 Å². The number of piperidine rings is 1. The molecule has 1 saturated heterocycles. The second-order valence-electron chi connectivity index (χ2n) is 6.09. The van der Waals surface area contributed by atoms with Gasteiger partial charge in [0.25, 0.3) is 0 Å². The van der Waals surface area contributed by atoms with Gasteiger partial charge in [0, 0.05) is 39.6 Å². The maximum atomic E-state index is 4.57. The van der Waals surface area contributed by atoms with E-state index in [1.807, 2.05) is 26.0 Å². The minimum absolute atomic E-state index is 0. The van der Waals surface area contributed by atoms with E-state index in [9.17, 15) is 0 Å². The van der Waals surface area contributed by atoms with Gasteiger partial charge in [0.15, 0.2) is 11.1 Å². The molecular formula is C15H29IN6S. The Bertz CT molecular complexity index is 490. The Morgan fingerprint density at radius 2 is 2.26 bits per heavy atom. The van der Waals surface area contributed by atoms with Gasteiger partial charge < -0.3 is 20.4 Å². The Morgan fingerprint density at radius 3 is 2.87 bits per heavy atom. The first kappa shape index (κ1) is 20.4. The zero-order valence-electron chi connectivity index (χ0n) is 14.5. The number of hydrogen-bond donors (Lipinski definition) is 2. The van der Waals surface area contributed by atoms with Crippen molar-refractivity contribution in [2.45, 2.75) is 19.4 Å². The molecule has 23 heavy (non-hydrogen) atoms. The zero-order valence-corrected chi connectivity index (χ0v) is 17.6. The minimum Gasteiger partial charge on any atom is -0.356 e. The van der Waals surface area contributed by atoms with Crippen LogP contribution in [0.25, 0.3) is 0 Å². The molecule has 2 rings (SSSR count). The highest BCUT2D eigenvalue weighted by Crippen LogP contribution is 2.17. The van der Waals surface area contributed by atoms with Gasteiger partial charge in [-0.2, -0.15) is 0 Å². The lowest BCUT2D eigenvalue weighted by Gasteiger charge is -2.30. The maximum absolute atomic E-state index is 4.57. The predicted octanol–water partition coefficient (Wildman–Crippen LogP) is 1.83. The highest BCUT2D eigenvalue weighted by molar-refractivity contribution is 14.0. The van der Waals surface area contributed by atoms with Crippen LogP contribution in [0.2, 0.25) is 0 Å². The van der Waals surface area contributed by atoms with Gasteiger partial charge in [0.1, 0.15) is 0 Å². The smallest absolute Gasteiger partial charge is 0.191 e. The fraction of sp³-hybridized carbons (Fsp3) is 0.733. The van der Waals surface area contributed by atoms with Crippen molar-refractivity contribution in [3.63, 3.8) is 0 Å². The molecule has 1 unspecified atom stereocenters. The number of likely N-dealkylation sites (tertiary alicyclic amines) is 1. The first-order chi connectivity index (χ1) is 10.6. The number of halogens is 1. The minimum atomic E-state index is 0. The molecule has 2 heterocycles. The lowest BCUT2D eigenvalue weighted by Crippen LogP contribution is -2.43. The Balaban J connectivity index is 0.00000264. The van der Waals surface area contributed by atoms with E-state index in [2.05, 4.69) is 37.9 Å².